The molecule has 0 saturated carbocycles. The first-order valence-electron chi connectivity index (χ1n) is 7.34. The largest absolute Gasteiger partial charge is 0.490 e. The van der Waals surface area contributed by atoms with Gasteiger partial charge in [0.05, 0.1) is 27.6 Å². The molecule has 26 heavy (non-hydrogen) atoms. The van der Waals surface area contributed by atoms with E-state index in [1.807, 2.05) is 0 Å². The average molecular weight is 390 g/mol. The number of amidine groups is 1. The fourth-order valence-corrected chi connectivity index (χ4v) is 3.24. The molecule has 0 bridgehead atoms. The van der Waals surface area contributed by atoms with Gasteiger partial charge < -0.3 is 10.1 Å². The molecule has 1 saturated heterocycles. The normalized spacial score (nSPS) is 16.8. The number of ether oxygens (including phenoxy) is 1. The van der Waals surface area contributed by atoms with Gasteiger partial charge in [0.25, 0.3) is 5.91 Å². The Balaban J connectivity index is 1.89. The van der Waals surface area contributed by atoms with Gasteiger partial charge in [-0.2, -0.15) is 0 Å². The minimum Gasteiger partial charge on any atom is -0.490 e. The topological polar surface area (TPSA) is 93.8 Å². The molecule has 1 fully saturated rings. The molecule has 0 radical (unpaired) electrons. The van der Waals surface area contributed by atoms with E-state index in [0.717, 1.165) is 11.8 Å². The van der Waals surface area contributed by atoms with Crippen LogP contribution in [0.1, 0.15) is 5.56 Å². The summed E-state index contributed by atoms with van der Waals surface area (Å²) in [5, 5.41) is 14.6. The van der Waals surface area contributed by atoms with E-state index in [1.54, 1.807) is 36.4 Å². The molecule has 1 amide bonds. The Hall–Kier alpha value is -2.84. The Bertz CT molecular complexity index is 959. The third kappa shape index (κ3) is 3.87. The van der Waals surface area contributed by atoms with Crippen molar-refractivity contribution in [1.29, 1.82) is 0 Å². The van der Waals surface area contributed by atoms with Gasteiger partial charge in [-0.25, -0.2) is 4.99 Å². The second-order valence-corrected chi connectivity index (χ2v) is 6.56. The van der Waals surface area contributed by atoms with Gasteiger partial charge >= 0.3 is 5.69 Å². The Labute approximate surface area is 157 Å². The molecular weight excluding hydrogens is 378 g/mol. The molecule has 3 rings (SSSR count). The predicted molar refractivity (Wildman–Crippen MR) is 102 cm³/mol. The molecule has 9 heteroatoms. The fraction of sp³-hybridized carbons (Fsp3) is 0.0588. The molecule has 2 aromatic rings. The highest BCUT2D eigenvalue weighted by Crippen LogP contribution is 2.33. The van der Waals surface area contributed by atoms with Crippen molar-refractivity contribution in [2.75, 3.05) is 7.11 Å². The summed E-state index contributed by atoms with van der Waals surface area (Å²) in [5.41, 5.74) is 0.877. The third-order valence-electron chi connectivity index (χ3n) is 3.42. The van der Waals surface area contributed by atoms with Crippen LogP contribution in [0.25, 0.3) is 6.08 Å². The number of amides is 1. The van der Waals surface area contributed by atoms with Gasteiger partial charge in [-0.1, -0.05) is 29.8 Å². The first-order valence-corrected chi connectivity index (χ1v) is 8.54. The van der Waals surface area contributed by atoms with Gasteiger partial charge in [0, 0.05) is 6.07 Å². The van der Waals surface area contributed by atoms with Crippen LogP contribution in [0.3, 0.4) is 0 Å². The zero-order chi connectivity index (χ0) is 18.7. The van der Waals surface area contributed by atoms with Gasteiger partial charge in [-0.3, -0.25) is 14.9 Å². The number of hydrogen-bond acceptors (Lipinski definition) is 6. The zero-order valence-corrected chi connectivity index (χ0v) is 15.0. The van der Waals surface area contributed by atoms with E-state index < -0.39 is 4.92 Å². The maximum Gasteiger partial charge on any atom is 0.311 e. The van der Waals surface area contributed by atoms with Gasteiger partial charge in [0.15, 0.2) is 10.9 Å². The van der Waals surface area contributed by atoms with Crippen molar-refractivity contribution >= 4 is 51.9 Å². The molecule has 7 nitrogen and oxygen atoms in total. The minimum atomic E-state index is -0.535. The summed E-state index contributed by atoms with van der Waals surface area (Å²) in [6.45, 7) is 0. The number of benzene rings is 2. The average Bonchev–Trinajstić information content (AvgIpc) is 2.96. The highest BCUT2D eigenvalue weighted by molar-refractivity contribution is 8.18. The number of hydrogen-bond donors (Lipinski definition) is 1. The molecule has 2 aromatic carbocycles. The molecular formula is C17H12ClN3O4S. The number of rotatable bonds is 4. The quantitative estimate of drug-likeness (QED) is 0.481. The van der Waals surface area contributed by atoms with Gasteiger partial charge in [0.2, 0.25) is 0 Å². The number of nitrogens with zero attached hydrogens (tertiary/aromatic N) is 2. The summed E-state index contributed by atoms with van der Waals surface area (Å²) >= 11 is 7.19. The van der Waals surface area contributed by atoms with Gasteiger partial charge in [0.1, 0.15) is 0 Å². The Kier molecular flexibility index (Phi) is 5.24. The SMILES string of the molecule is COc1ccc(/C=C2\SC(=Nc3ccccc3Cl)NC2=O)cc1[N+](=O)[O-]. The molecule has 132 valence electrons. The van der Waals surface area contributed by atoms with Crippen LogP contribution < -0.4 is 10.1 Å². The molecule has 1 N–H and O–H groups in total. The molecule has 0 aliphatic carbocycles. The van der Waals surface area contributed by atoms with Crippen molar-refractivity contribution in [2.45, 2.75) is 0 Å². The maximum atomic E-state index is 12.1. The zero-order valence-electron chi connectivity index (χ0n) is 13.4. The number of thioether (sulfide) groups is 1. The van der Waals surface area contributed by atoms with E-state index >= 15 is 0 Å². The van der Waals surface area contributed by atoms with E-state index in [2.05, 4.69) is 10.3 Å². The minimum absolute atomic E-state index is 0.154. The number of aliphatic imine (C=N–C) groups is 1. The van der Waals surface area contributed by atoms with Gasteiger partial charge in [-0.15, -0.1) is 0 Å². The summed E-state index contributed by atoms with van der Waals surface area (Å²) in [7, 11) is 1.36. The van der Waals surface area contributed by atoms with Crippen molar-refractivity contribution in [3.05, 3.63) is 68.1 Å². The number of nitro groups is 1. The number of carbonyl (C=O) groups excluding carboxylic acids is 1. The van der Waals surface area contributed by atoms with Crippen LogP contribution >= 0.6 is 23.4 Å². The highest BCUT2D eigenvalue weighted by atomic mass is 35.5. The van der Waals surface area contributed by atoms with E-state index in [0.29, 0.717) is 26.3 Å². The summed E-state index contributed by atoms with van der Waals surface area (Å²) in [6.07, 6.45) is 1.56. The molecule has 0 unspecified atom stereocenters. The number of carbonyl (C=O) groups is 1. The number of para-hydroxylation sites is 1. The van der Waals surface area contributed by atoms with Crippen molar-refractivity contribution < 1.29 is 14.5 Å². The van der Waals surface area contributed by atoms with Crippen LogP contribution in [0, 0.1) is 10.1 Å². The first-order chi connectivity index (χ1) is 12.5. The molecule has 0 spiro atoms. The monoisotopic (exact) mass is 389 g/mol. The fourth-order valence-electron chi connectivity index (χ4n) is 2.22. The van der Waals surface area contributed by atoms with Crippen LogP contribution in [-0.4, -0.2) is 23.1 Å². The smallest absolute Gasteiger partial charge is 0.311 e. The highest BCUT2D eigenvalue weighted by Gasteiger charge is 2.24. The van der Waals surface area contributed by atoms with Crippen molar-refractivity contribution in [2.24, 2.45) is 4.99 Å². The Morgan fingerprint density at radius 3 is 2.77 bits per heavy atom. The second kappa shape index (κ2) is 7.59. The lowest BCUT2D eigenvalue weighted by molar-refractivity contribution is -0.385. The third-order valence-corrected chi connectivity index (χ3v) is 4.65. The van der Waals surface area contributed by atoms with Crippen LogP contribution in [0.2, 0.25) is 5.02 Å². The standard InChI is InChI=1S/C17H12ClN3O4S/c1-25-14-7-6-10(8-13(14)21(23)24)9-15-16(22)20-17(26-15)19-12-5-3-2-4-11(12)18/h2-9H,1H3,(H,19,20,22)/b15-9-. The molecule has 1 aliphatic heterocycles. The Morgan fingerprint density at radius 2 is 2.08 bits per heavy atom. The lowest BCUT2D eigenvalue weighted by atomic mass is 10.1. The van der Waals surface area contributed by atoms with Crippen LogP contribution in [0.15, 0.2) is 52.4 Å². The van der Waals surface area contributed by atoms with Crippen LogP contribution in [0.4, 0.5) is 11.4 Å². The predicted octanol–water partition coefficient (Wildman–Crippen LogP) is 4.15. The van der Waals surface area contributed by atoms with Crippen LogP contribution in [-0.2, 0) is 4.79 Å². The number of nitrogens with one attached hydrogen (secondary N) is 1. The van der Waals surface area contributed by atoms with Crippen molar-refractivity contribution in [3.8, 4) is 5.75 Å². The van der Waals surface area contributed by atoms with E-state index in [-0.39, 0.29) is 17.3 Å². The van der Waals surface area contributed by atoms with Crippen molar-refractivity contribution in [1.82, 2.24) is 5.32 Å². The number of halogens is 1. The van der Waals surface area contributed by atoms with E-state index in [4.69, 9.17) is 16.3 Å². The summed E-state index contributed by atoms with van der Waals surface area (Å²) in [4.78, 5) is 27.4. The van der Waals surface area contributed by atoms with Gasteiger partial charge in [-0.05, 0) is 41.6 Å². The molecule has 1 heterocycles. The maximum absolute atomic E-state index is 12.1. The number of nitro benzene ring substituents is 1. The molecule has 0 atom stereocenters. The summed E-state index contributed by atoms with van der Waals surface area (Å²) < 4.78 is 4.97. The molecule has 0 aromatic heterocycles. The second-order valence-electron chi connectivity index (χ2n) is 5.12. The van der Waals surface area contributed by atoms with Crippen molar-refractivity contribution in [3.63, 3.8) is 0 Å². The Morgan fingerprint density at radius 1 is 1.31 bits per heavy atom. The van der Waals surface area contributed by atoms with E-state index in [9.17, 15) is 14.9 Å². The summed E-state index contributed by atoms with van der Waals surface area (Å²) in [5.74, 6) is -0.180. The first kappa shape index (κ1) is 18.0. The van der Waals surface area contributed by atoms with E-state index in [1.165, 1.54) is 19.2 Å². The molecule has 1 aliphatic rings. The summed E-state index contributed by atoms with van der Waals surface area (Å²) in [6, 6.07) is 11.5. The number of methoxy groups -OCH3 is 1. The lowest BCUT2D eigenvalue weighted by Crippen LogP contribution is -2.19. The van der Waals surface area contributed by atoms with Crippen LogP contribution in [0.5, 0.6) is 5.75 Å². The lowest BCUT2D eigenvalue weighted by Gasteiger charge is -2.02.